The van der Waals surface area contributed by atoms with Crippen molar-refractivity contribution in [3.8, 4) is 11.1 Å². The first-order valence-corrected chi connectivity index (χ1v) is 10.8. The third-order valence-electron chi connectivity index (χ3n) is 6.07. The third kappa shape index (κ3) is 4.97. The van der Waals surface area contributed by atoms with Crippen LogP contribution in [0.1, 0.15) is 37.9 Å². The normalized spacial score (nSPS) is 25.5. The summed E-state index contributed by atoms with van der Waals surface area (Å²) in [7, 11) is 2.99. The fourth-order valence-corrected chi connectivity index (χ4v) is 4.10. The zero-order chi connectivity index (χ0) is 25.2. The van der Waals surface area contributed by atoms with E-state index in [2.05, 4.69) is 10.6 Å². The number of rotatable bonds is 6. The van der Waals surface area contributed by atoms with Crippen LogP contribution in [0.5, 0.6) is 0 Å². The summed E-state index contributed by atoms with van der Waals surface area (Å²) < 4.78 is 5.48. The molecule has 10 nitrogen and oxygen atoms in total. The van der Waals surface area contributed by atoms with Gasteiger partial charge in [-0.3, -0.25) is 9.59 Å². The molecule has 184 valence electrons. The summed E-state index contributed by atoms with van der Waals surface area (Å²) in [5, 5.41) is 55.7. The van der Waals surface area contributed by atoms with Gasteiger partial charge in [0.05, 0.1) is 6.61 Å². The zero-order valence-corrected chi connectivity index (χ0v) is 19.1. The third-order valence-corrected chi connectivity index (χ3v) is 6.07. The number of aliphatic hydroxyl groups is 5. The number of benzene rings is 2. The lowest BCUT2D eigenvalue weighted by Crippen LogP contribution is -2.59. The number of carbonyl (C=O) groups excluding carboxylic acids is 2. The number of hydrogen-bond donors (Lipinski definition) is 7. The highest BCUT2D eigenvalue weighted by Crippen LogP contribution is 2.33. The van der Waals surface area contributed by atoms with Crippen LogP contribution < -0.4 is 10.6 Å². The maximum absolute atomic E-state index is 12.2. The van der Waals surface area contributed by atoms with Crippen LogP contribution in [0.25, 0.3) is 11.1 Å². The van der Waals surface area contributed by atoms with Crippen LogP contribution in [-0.4, -0.2) is 88.6 Å². The topological polar surface area (TPSA) is 169 Å². The Kier molecular flexibility index (Phi) is 8.03. The van der Waals surface area contributed by atoms with Gasteiger partial charge in [0, 0.05) is 25.2 Å². The fourth-order valence-electron chi connectivity index (χ4n) is 4.10. The van der Waals surface area contributed by atoms with Crippen molar-refractivity contribution in [3.05, 3.63) is 58.7 Å². The minimum Gasteiger partial charge on any atom is -0.394 e. The quantitative estimate of drug-likeness (QED) is 0.287. The van der Waals surface area contributed by atoms with Crippen molar-refractivity contribution in [2.45, 2.75) is 43.5 Å². The molecule has 2 aromatic carbocycles. The molecule has 6 atom stereocenters. The molecule has 0 aromatic heterocycles. The summed E-state index contributed by atoms with van der Waals surface area (Å²) in [6.45, 7) is 1.13. The Morgan fingerprint density at radius 1 is 0.912 bits per heavy atom. The predicted octanol–water partition coefficient (Wildman–Crippen LogP) is -0.743. The first kappa shape index (κ1) is 25.8. The Bertz CT molecular complexity index is 1020. The second-order valence-electron chi connectivity index (χ2n) is 8.27. The molecule has 1 heterocycles. The van der Waals surface area contributed by atoms with E-state index in [0.717, 1.165) is 0 Å². The van der Waals surface area contributed by atoms with E-state index in [-0.39, 0.29) is 11.8 Å². The molecule has 3 rings (SSSR count). The summed E-state index contributed by atoms with van der Waals surface area (Å²) in [5.41, 5.74) is 2.93. The number of aryl methyl sites for hydroxylation is 1. The summed E-state index contributed by atoms with van der Waals surface area (Å²) >= 11 is 0. The minimum atomic E-state index is -1.60. The maximum Gasteiger partial charge on any atom is 0.251 e. The molecule has 1 aliphatic rings. The van der Waals surface area contributed by atoms with E-state index in [1.807, 2.05) is 0 Å². The molecular weight excluding hydrogens is 444 g/mol. The average molecular weight is 475 g/mol. The van der Waals surface area contributed by atoms with Crippen LogP contribution in [-0.2, 0) is 4.74 Å². The second-order valence-corrected chi connectivity index (χ2v) is 8.27. The minimum absolute atomic E-state index is 0.307. The highest BCUT2D eigenvalue weighted by atomic mass is 16.6. The molecule has 10 heteroatoms. The lowest BCUT2D eigenvalue weighted by molar-refractivity contribution is -0.250. The standard InChI is InChI=1S/C24H30N2O8/c1-11-6-12(13-7-14(23(32)25-2)9-15(8-13)24(33)26-3)4-5-16(11)18(28)22-21(31)20(30)19(29)17(10-27)34-22/h4-9,17-22,27-31H,10H2,1-3H3,(H,25,32)(H,26,33)/t17?,18-,19-,20?,21?,22-/m1/s1. The van der Waals surface area contributed by atoms with Crippen LogP contribution in [0.4, 0.5) is 0 Å². The molecule has 2 aromatic rings. The van der Waals surface area contributed by atoms with Crippen molar-refractivity contribution in [2.24, 2.45) is 0 Å². The van der Waals surface area contributed by atoms with Crippen LogP contribution >= 0.6 is 0 Å². The van der Waals surface area contributed by atoms with Gasteiger partial charge in [-0.25, -0.2) is 0 Å². The van der Waals surface area contributed by atoms with Crippen molar-refractivity contribution < 1.29 is 39.9 Å². The maximum atomic E-state index is 12.2. The van der Waals surface area contributed by atoms with E-state index in [9.17, 15) is 35.1 Å². The van der Waals surface area contributed by atoms with Gasteiger partial charge < -0.3 is 40.9 Å². The molecule has 0 radical (unpaired) electrons. The van der Waals surface area contributed by atoms with Gasteiger partial charge in [-0.15, -0.1) is 0 Å². The van der Waals surface area contributed by atoms with Crippen molar-refractivity contribution in [1.82, 2.24) is 10.6 Å². The van der Waals surface area contributed by atoms with E-state index < -0.39 is 43.2 Å². The summed E-state index contributed by atoms with van der Waals surface area (Å²) in [5.74, 6) is -0.697. The Balaban J connectivity index is 1.96. The molecule has 7 N–H and O–H groups in total. The van der Waals surface area contributed by atoms with E-state index in [4.69, 9.17) is 4.74 Å². The molecule has 3 unspecified atom stereocenters. The molecular formula is C24H30N2O8. The Morgan fingerprint density at radius 3 is 2.00 bits per heavy atom. The largest absolute Gasteiger partial charge is 0.394 e. The Hall–Kier alpha value is -2.86. The van der Waals surface area contributed by atoms with Gasteiger partial charge in [-0.1, -0.05) is 18.2 Å². The average Bonchev–Trinajstić information content (AvgIpc) is 2.85. The van der Waals surface area contributed by atoms with Crippen molar-refractivity contribution in [2.75, 3.05) is 20.7 Å². The summed E-state index contributed by atoms with van der Waals surface area (Å²) in [6.07, 6.45) is -8.47. The van der Waals surface area contributed by atoms with Gasteiger partial charge in [0.2, 0.25) is 0 Å². The number of aliphatic hydroxyl groups excluding tert-OH is 5. The molecule has 1 fully saturated rings. The molecule has 0 saturated carbocycles. The SMILES string of the molecule is CNC(=O)c1cc(C(=O)NC)cc(-c2ccc([C@@H](O)[C@H]3OC(CO)[C@@H](O)C(O)C3O)c(C)c2)c1. The van der Waals surface area contributed by atoms with E-state index >= 15 is 0 Å². The summed E-state index contributed by atoms with van der Waals surface area (Å²) in [4.78, 5) is 24.4. The highest BCUT2D eigenvalue weighted by Gasteiger charge is 2.46. The molecule has 0 aliphatic carbocycles. The van der Waals surface area contributed by atoms with Gasteiger partial charge >= 0.3 is 0 Å². The molecule has 1 saturated heterocycles. The number of nitrogens with one attached hydrogen (secondary N) is 2. The van der Waals surface area contributed by atoms with Gasteiger partial charge in [-0.2, -0.15) is 0 Å². The highest BCUT2D eigenvalue weighted by molar-refractivity contribution is 6.01. The Morgan fingerprint density at radius 2 is 1.50 bits per heavy atom. The van der Waals surface area contributed by atoms with E-state index in [0.29, 0.717) is 33.4 Å². The second kappa shape index (κ2) is 10.6. The number of hydrogen-bond acceptors (Lipinski definition) is 8. The number of carbonyl (C=O) groups is 2. The van der Waals surface area contributed by atoms with Gasteiger partial charge in [0.1, 0.15) is 36.6 Å². The van der Waals surface area contributed by atoms with Gasteiger partial charge in [0.25, 0.3) is 11.8 Å². The van der Waals surface area contributed by atoms with Crippen LogP contribution in [0, 0.1) is 6.92 Å². The number of amides is 2. The van der Waals surface area contributed by atoms with Crippen LogP contribution in [0.3, 0.4) is 0 Å². The van der Waals surface area contributed by atoms with E-state index in [1.165, 1.54) is 20.2 Å². The summed E-state index contributed by atoms with van der Waals surface area (Å²) in [6, 6.07) is 9.83. The van der Waals surface area contributed by atoms with Crippen LogP contribution in [0.15, 0.2) is 36.4 Å². The van der Waals surface area contributed by atoms with Crippen LogP contribution in [0.2, 0.25) is 0 Å². The molecule has 34 heavy (non-hydrogen) atoms. The van der Waals surface area contributed by atoms with Crippen molar-refractivity contribution >= 4 is 11.8 Å². The lowest BCUT2D eigenvalue weighted by Gasteiger charge is -2.42. The molecule has 0 bridgehead atoms. The molecule has 1 aliphatic heterocycles. The van der Waals surface area contributed by atoms with Crippen molar-refractivity contribution in [3.63, 3.8) is 0 Å². The molecule has 2 amide bonds. The van der Waals surface area contributed by atoms with Gasteiger partial charge in [-0.05, 0) is 47.4 Å². The smallest absolute Gasteiger partial charge is 0.251 e. The zero-order valence-electron chi connectivity index (χ0n) is 19.1. The fraction of sp³-hybridized carbons (Fsp3) is 0.417. The first-order valence-electron chi connectivity index (χ1n) is 10.8. The predicted molar refractivity (Wildman–Crippen MR) is 122 cm³/mol. The molecule has 0 spiro atoms. The van der Waals surface area contributed by atoms with E-state index in [1.54, 1.807) is 37.3 Å². The monoisotopic (exact) mass is 474 g/mol. The number of ether oxygens (including phenoxy) is 1. The Labute approximate surface area is 196 Å². The van der Waals surface area contributed by atoms with Gasteiger partial charge in [0.15, 0.2) is 0 Å². The first-order chi connectivity index (χ1) is 16.1. The lowest BCUT2D eigenvalue weighted by atomic mass is 9.87. The van der Waals surface area contributed by atoms with Crippen molar-refractivity contribution in [1.29, 1.82) is 0 Å².